The molecule has 1 rings (SSSR count). The van der Waals surface area contributed by atoms with E-state index in [0.29, 0.717) is 12.0 Å². The highest BCUT2D eigenvalue weighted by atomic mass is 16.6. The molecule has 0 unspecified atom stereocenters. The van der Waals surface area contributed by atoms with E-state index in [1.807, 2.05) is 0 Å². The number of nitro benzene ring substituents is 1. The maximum Gasteiger partial charge on any atom is 0.328 e. The minimum Gasteiger partial charge on any atom is -0.490 e. The van der Waals surface area contributed by atoms with Gasteiger partial charge >= 0.3 is 11.7 Å². The van der Waals surface area contributed by atoms with Crippen molar-refractivity contribution in [3.05, 3.63) is 33.9 Å². The number of unbranched alkanes of at least 4 members (excludes halogenated alkanes) is 8. The van der Waals surface area contributed by atoms with Crippen LogP contribution in [0.1, 0.15) is 83.6 Å². The number of ether oxygens (including phenoxy) is 2. The fourth-order valence-corrected chi connectivity index (χ4v) is 3.54. The number of hydrogen-bond donors (Lipinski definition) is 1. The number of benzene rings is 1. The third-order valence-corrected chi connectivity index (χ3v) is 5.29. The minimum atomic E-state index is -0.894. The zero-order chi connectivity index (χ0) is 23.8. The van der Waals surface area contributed by atoms with E-state index in [-0.39, 0.29) is 30.4 Å². The fraction of sp³-hybridized carbons (Fsp3) is 0.667. The second kappa shape index (κ2) is 16.1. The normalized spacial score (nSPS) is 11.6. The Balaban J connectivity index is 2.56. The van der Waals surface area contributed by atoms with Gasteiger partial charge in [-0.1, -0.05) is 64.4 Å². The van der Waals surface area contributed by atoms with Gasteiger partial charge in [0.2, 0.25) is 5.91 Å². The zero-order valence-corrected chi connectivity index (χ0v) is 19.7. The lowest BCUT2D eigenvalue weighted by atomic mass is 10.0. The first-order valence-corrected chi connectivity index (χ1v) is 11.7. The number of hydrogen-bond acceptors (Lipinski definition) is 6. The Hall–Kier alpha value is -2.64. The Labute approximate surface area is 191 Å². The van der Waals surface area contributed by atoms with Gasteiger partial charge in [-0.3, -0.25) is 14.9 Å². The van der Waals surface area contributed by atoms with E-state index < -0.39 is 16.9 Å². The van der Waals surface area contributed by atoms with Gasteiger partial charge < -0.3 is 14.8 Å². The van der Waals surface area contributed by atoms with E-state index in [1.54, 1.807) is 13.0 Å². The van der Waals surface area contributed by atoms with Crippen molar-refractivity contribution in [2.24, 2.45) is 0 Å². The molecule has 8 nitrogen and oxygen atoms in total. The van der Waals surface area contributed by atoms with Crippen molar-refractivity contribution in [3.63, 3.8) is 0 Å². The molecule has 0 saturated carbocycles. The third-order valence-electron chi connectivity index (χ3n) is 5.29. The highest BCUT2D eigenvalue weighted by molar-refractivity contribution is 5.84. The zero-order valence-electron chi connectivity index (χ0n) is 19.7. The summed E-state index contributed by atoms with van der Waals surface area (Å²) in [4.78, 5) is 35.5. The molecule has 0 aromatic heterocycles. The predicted molar refractivity (Wildman–Crippen MR) is 124 cm³/mol. The smallest absolute Gasteiger partial charge is 0.328 e. The monoisotopic (exact) mass is 450 g/mol. The van der Waals surface area contributed by atoms with Crippen molar-refractivity contribution in [3.8, 4) is 5.75 Å². The average molecular weight is 451 g/mol. The number of carbonyl (C=O) groups excluding carboxylic acids is 2. The Morgan fingerprint density at radius 2 is 1.66 bits per heavy atom. The molecule has 0 saturated heterocycles. The molecule has 0 fully saturated rings. The molecule has 0 aliphatic carbocycles. The van der Waals surface area contributed by atoms with Crippen molar-refractivity contribution in [1.82, 2.24) is 5.32 Å². The summed E-state index contributed by atoms with van der Waals surface area (Å²) in [6.45, 7) is 4.09. The summed E-state index contributed by atoms with van der Waals surface area (Å²) in [6, 6.07) is 3.59. The molecular formula is C24H38N2O6. The Morgan fingerprint density at radius 3 is 2.22 bits per heavy atom. The fourth-order valence-electron chi connectivity index (χ4n) is 3.54. The van der Waals surface area contributed by atoms with Gasteiger partial charge in [-0.25, -0.2) is 4.79 Å². The van der Waals surface area contributed by atoms with E-state index in [0.717, 1.165) is 19.3 Å². The number of carbonyl (C=O) groups is 2. The summed E-state index contributed by atoms with van der Waals surface area (Å²) in [5.41, 5.74) is 0.354. The SMILES string of the molecule is CCCCCCCCCCCC(=O)N[C@@H](Cc1ccc(OC)c([N+](=O)[O-])c1)C(=O)OCC. The number of methoxy groups -OCH3 is 1. The molecule has 0 radical (unpaired) electrons. The largest absolute Gasteiger partial charge is 0.490 e. The summed E-state index contributed by atoms with van der Waals surface area (Å²) < 4.78 is 10.1. The summed E-state index contributed by atoms with van der Waals surface area (Å²) in [7, 11) is 1.36. The van der Waals surface area contributed by atoms with Crippen LogP contribution in [-0.4, -0.2) is 36.6 Å². The Morgan fingerprint density at radius 1 is 1.03 bits per heavy atom. The van der Waals surface area contributed by atoms with Crippen molar-refractivity contribution in [2.75, 3.05) is 13.7 Å². The molecule has 0 bridgehead atoms. The first-order chi connectivity index (χ1) is 15.4. The van der Waals surface area contributed by atoms with Crippen molar-refractivity contribution >= 4 is 17.6 Å². The van der Waals surface area contributed by atoms with Gasteiger partial charge in [0.1, 0.15) is 6.04 Å². The lowest BCUT2D eigenvalue weighted by Gasteiger charge is -2.17. The lowest BCUT2D eigenvalue weighted by Crippen LogP contribution is -2.43. The maximum atomic E-state index is 12.4. The number of nitro groups is 1. The third kappa shape index (κ3) is 10.6. The van der Waals surface area contributed by atoms with Crippen LogP contribution < -0.4 is 10.1 Å². The molecule has 32 heavy (non-hydrogen) atoms. The maximum absolute atomic E-state index is 12.4. The van der Waals surface area contributed by atoms with Gasteiger partial charge in [-0.15, -0.1) is 0 Å². The van der Waals surface area contributed by atoms with Crippen LogP contribution in [0.15, 0.2) is 18.2 Å². The topological polar surface area (TPSA) is 108 Å². The first kappa shape index (κ1) is 27.4. The molecule has 0 heterocycles. The van der Waals surface area contributed by atoms with Gasteiger partial charge in [-0.2, -0.15) is 0 Å². The second-order valence-electron chi connectivity index (χ2n) is 7.92. The molecule has 1 aromatic rings. The van der Waals surface area contributed by atoms with Crippen LogP contribution >= 0.6 is 0 Å². The van der Waals surface area contributed by atoms with Crippen molar-refractivity contribution in [1.29, 1.82) is 0 Å². The summed E-state index contributed by atoms with van der Waals surface area (Å²) in [5.74, 6) is -0.624. The Bertz CT molecular complexity index is 722. The summed E-state index contributed by atoms with van der Waals surface area (Å²) >= 11 is 0. The quantitative estimate of drug-likeness (QED) is 0.153. The summed E-state index contributed by atoms with van der Waals surface area (Å²) in [6.07, 6.45) is 10.9. The van der Waals surface area contributed by atoms with Gasteiger partial charge in [0.05, 0.1) is 18.6 Å². The molecule has 0 aliphatic heterocycles. The van der Waals surface area contributed by atoms with Gasteiger partial charge in [-0.05, 0) is 25.0 Å². The standard InChI is InChI=1S/C24H38N2O6/c1-4-6-7-8-9-10-11-12-13-14-23(27)25-20(24(28)32-5-2)17-19-15-16-22(31-3)21(18-19)26(29)30/h15-16,18,20H,4-14,17H2,1-3H3,(H,25,27)/t20-/m0/s1. The minimum absolute atomic E-state index is 0.104. The van der Waals surface area contributed by atoms with E-state index >= 15 is 0 Å². The van der Waals surface area contributed by atoms with Gasteiger partial charge in [0.15, 0.2) is 5.75 Å². The molecule has 0 spiro atoms. The predicted octanol–water partition coefficient (Wildman–Crippen LogP) is 5.11. The number of nitrogens with zero attached hydrogens (tertiary/aromatic N) is 1. The van der Waals surface area contributed by atoms with Crippen LogP contribution in [0.3, 0.4) is 0 Å². The van der Waals surface area contributed by atoms with Gasteiger partial charge in [0, 0.05) is 18.9 Å². The second-order valence-corrected chi connectivity index (χ2v) is 7.92. The van der Waals surface area contributed by atoms with Crippen LogP contribution in [-0.2, 0) is 20.7 Å². The molecule has 0 aliphatic rings. The van der Waals surface area contributed by atoms with Crippen LogP contribution in [0.4, 0.5) is 5.69 Å². The van der Waals surface area contributed by atoms with E-state index in [2.05, 4.69) is 12.2 Å². The van der Waals surface area contributed by atoms with Crippen LogP contribution in [0.25, 0.3) is 0 Å². The summed E-state index contributed by atoms with van der Waals surface area (Å²) in [5, 5.41) is 14.0. The van der Waals surface area contributed by atoms with Gasteiger partial charge in [0.25, 0.3) is 0 Å². The Kier molecular flexibility index (Phi) is 13.7. The van der Waals surface area contributed by atoms with Crippen molar-refractivity contribution < 1.29 is 24.0 Å². The molecule has 1 N–H and O–H groups in total. The molecular weight excluding hydrogens is 412 g/mol. The molecule has 8 heteroatoms. The molecule has 1 amide bonds. The number of rotatable bonds is 17. The average Bonchev–Trinajstić information content (AvgIpc) is 2.77. The molecule has 1 atom stereocenters. The van der Waals surface area contributed by atoms with Crippen molar-refractivity contribution in [2.45, 2.75) is 90.5 Å². The van der Waals surface area contributed by atoms with E-state index in [9.17, 15) is 19.7 Å². The van der Waals surface area contributed by atoms with Crippen LogP contribution in [0, 0.1) is 10.1 Å². The van der Waals surface area contributed by atoms with E-state index in [1.165, 1.54) is 57.8 Å². The number of amides is 1. The van der Waals surface area contributed by atoms with Crippen LogP contribution in [0.5, 0.6) is 5.75 Å². The highest BCUT2D eigenvalue weighted by Gasteiger charge is 2.24. The first-order valence-electron chi connectivity index (χ1n) is 11.7. The van der Waals surface area contributed by atoms with Crippen LogP contribution in [0.2, 0.25) is 0 Å². The van der Waals surface area contributed by atoms with E-state index in [4.69, 9.17) is 9.47 Å². The number of esters is 1. The molecule has 180 valence electrons. The lowest BCUT2D eigenvalue weighted by molar-refractivity contribution is -0.385. The number of nitrogens with one attached hydrogen (secondary N) is 1. The highest BCUT2D eigenvalue weighted by Crippen LogP contribution is 2.28. The molecule has 1 aromatic carbocycles.